The molecule has 0 saturated carbocycles. The van der Waals surface area contributed by atoms with Crippen molar-refractivity contribution in [2.45, 2.75) is 0 Å². The number of rotatable bonds is 4. The predicted octanol–water partition coefficient (Wildman–Crippen LogP) is 6.88. The molecule has 0 atom stereocenters. The van der Waals surface area contributed by atoms with Crippen LogP contribution in [0.1, 0.15) is 11.5 Å². The zero-order valence-electron chi connectivity index (χ0n) is 14.3. The average molecular weight is 411 g/mol. The molecule has 0 bridgehead atoms. The Balaban J connectivity index is 1.62. The molecule has 0 aliphatic rings. The first-order chi connectivity index (χ1) is 13.5. The molecule has 5 nitrogen and oxygen atoms in total. The fourth-order valence-corrected chi connectivity index (χ4v) is 3.25. The summed E-state index contributed by atoms with van der Waals surface area (Å²) in [6, 6.07) is 17.2. The molecule has 0 unspecified atom stereocenters. The van der Waals surface area contributed by atoms with Gasteiger partial charge < -0.3 is 4.42 Å². The Morgan fingerprint density at radius 1 is 0.964 bits per heavy atom. The Bertz CT molecular complexity index is 1230. The van der Waals surface area contributed by atoms with E-state index in [9.17, 15) is 10.1 Å². The van der Waals surface area contributed by atoms with E-state index < -0.39 is 4.92 Å². The van der Waals surface area contributed by atoms with Gasteiger partial charge in [0.2, 0.25) is 0 Å². The van der Waals surface area contributed by atoms with Crippen LogP contribution in [0.15, 0.2) is 65.1 Å². The van der Waals surface area contributed by atoms with Crippen molar-refractivity contribution in [3.05, 3.63) is 92.3 Å². The largest absolute Gasteiger partial charge is 0.457 e. The number of hydrogen-bond donors (Lipinski definition) is 0. The van der Waals surface area contributed by atoms with Crippen molar-refractivity contribution < 1.29 is 9.34 Å². The van der Waals surface area contributed by atoms with Gasteiger partial charge in [0.15, 0.2) is 0 Å². The lowest BCUT2D eigenvalue weighted by Gasteiger charge is -2.02. The van der Waals surface area contributed by atoms with Gasteiger partial charge in [-0.15, -0.1) is 0 Å². The number of nitro groups is 1. The van der Waals surface area contributed by atoms with Gasteiger partial charge in [0.1, 0.15) is 11.5 Å². The number of nitro benzene ring substituents is 1. The summed E-state index contributed by atoms with van der Waals surface area (Å²) >= 11 is 12.3. The van der Waals surface area contributed by atoms with E-state index in [0.29, 0.717) is 43.7 Å². The van der Waals surface area contributed by atoms with Crippen LogP contribution in [0.4, 0.5) is 5.69 Å². The quantitative estimate of drug-likeness (QED) is 0.271. The van der Waals surface area contributed by atoms with Gasteiger partial charge in [0.05, 0.1) is 31.6 Å². The predicted molar refractivity (Wildman–Crippen MR) is 111 cm³/mol. The molecule has 0 spiro atoms. The maximum Gasteiger partial charge on any atom is 0.278 e. The van der Waals surface area contributed by atoms with E-state index in [1.165, 1.54) is 6.07 Å². The first kappa shape index (κ1) is 18.2. The van der Waals surface area contributed by atoms with Crippen LogP contribution in [0.25, 0.3) is 34.4 Å². The minimum atomic E-state index is -0.412. The van der Waals surface area contributed by atoms with Crippen LogP contribution in [0.3, 0.4) is 0 Å². The molecule has 2 heterocycles. The summed E-state index contributed by atoms with van der Waals surface area (Å²) in [5.41, 5.74) is 1.97. The summed E-state index contributed by atoms with van der Waals surface area (Å²) in [6.45, 7) is 0. The molecule has 7 heteroatoms. The number of furan rings is 1. The van der Waals surface area contributed by atoms with E-state index >= 15 is 0 Å². The molecule has 0 saturated heterocycles. The number of hydrogen-bond acceptors (Lipinski definition) is 4. The number of nitrogens with zero attached hydrogens (tertiary/aromatic N) is 2. The number of non-ortho nitro benzene ring substituents is 1. The van der Waals surface area contributed by atoms with Crippen molar-refractivity contribution in [1.82, 2.24) is 4.98 Å². The molecule has 28 heavy (non-hydrogen) atoms. The maximum absolute atomic E-state index is 11.1. The van der Waals surface area contributed by atoms with Gasteiger partial charge >= 0.3 is 0 Å². The summed E-state index contributed by atoms with van der Waals surface area (Å²) in [6.07, 6.45) is 3.55. The third-order valence-corrected chi connectivity index (χ3v) is 5.01. The van der Waals surface area contributed by atoms with Crippen LogP contribution >= 0.6 is 23.2 Å². The molecule has 138 valence electrons. The Labute approximate surface area is 170 Å². The number of benzene rings is 2. The third-order valence-electron chi connectivity index (χ3n) is 4.19. The second-order valence-corrected chi connectivity index (χ2v) is 6.76. The second kappa shape index (κ2) is 7.46. The summed E-state index contributed by atoms with van der Waals surface area (Å²) < 4.78 is 5.82. The van der Waals surface area contributed by atoms with Crippen LogP contribution in [-0.4, -0.2) is 9.91 Å². The SMILES string of the molecule is O=[N+]([O-])c1cccc2nc(C=Cc3ccc(-c4cccc(Cl)c4Cl)o3)ccc12. The Hall–Kier alpha value is -3.15. The minimum Gasteiger partial charge on any atom is -0.457 e. The molecule has 0 radical (unpaired) electrons. The third kappa shape index (κ3) is 3.50. The molecule has 0 fully saturated rings. The molecular weight excluding hydrogens is 399 g/mol. The van der Waals surface area contributed by atoms with Gasteiger partial charge in [-0.3, -0.25) is 10.1 Å². The smallest absolute Gasteiger partial charge is 0.278 e. The van der Waals surface area contributed by atoms with Crippen molar-refractivity contribution in [3.8, 4) is 11.3 Å². The van der Waals surface area contributed by atoms with Crippen LogP contribution in [0, 0.1) is 10.1 Å². The minimum absolute atomic E-state index is 0.0367. The van der Waals surface area contributed by atoms with Gasteiger partial charge in [0.25, 0.3) is 5.69 Å². The summed E-state index contributed by atoms with van der Waals surface area (Å²) in [5, 5.41) is 12.5. The van der Waals surface area contributed by atoms with Gasteiger partial charge in [0, 0.05) is 11.6 Å². The van der Waals surface area contributed by atoms with E-state index in [2.05, 4.69) is 4.98 Å². The highest BCUT2D eigenvalue weighted by Crippen LogP contribution is 2.34. The highest BCUT2D eigenvalue weighted by atomic mass is 35.5. The first-order valence-electron chi connectivity index (χ1n) is 8.29. The zero-order chi connectivity index (χ0) is 19.7. The molecule has 0 amide bonds. The lowest BCUT2D eigenvalue weighted by atomic mass is 10.1. The van der Waals surface area contributed by atoms with E-state index in [1.54, 1.807) is 48.6 Å². The van der Waals surface area contributed by atoms with Crippen molar-refractivity contribution in [2.24, 2.45) is 0 Å². The van der Waals surface area contributed by atoms with Gasteiger partial charge in [-0.2, -0.15) is 0 Å². The van der Waals surface area contributed by atoms with Gasteiger partial charge in [-0.25, -0.2) is 4.98 Å². The summed E-state index contributed by atoms with van der Waals surface area (Å²) in [5.74, 6) is 1.22. The van der Waals surface area contributed by atoms with Gasteiger partial charge in [-0.05, 0) is 54.6 Å². The zero-order valence-corrected chi connectivity index (χ0v) is 15.8. The normalized spacial score (nSPS) is 11.4. The molecular formula is C21H12Cl2N2O3. The highest BCUT2D eigenvalue weighted by Gasteiger charge is 2.12. The molecule has 4 rings (SSSR count). The number of halogens is 2. The highest BCUT2D eigenvalue weighted by molar-refractivity contribution is 6.43. The van der Waals surface area contributed by atoms with E-state index in [-0.39, 0.29) is 5.69 Å². The molecule has 4 aromatic rings. The number of fused-ring (bicyclic) bond motifs is 1. The van der Waals surface area contributed by atoms with Crippen LogP contribution in [-0.2, 0) is 0 Å². The first-order valence-corrected chi connectivity index (χ1v) is 9.05. The summed E-state index contributed by atoms with van der Waals surface area (Å²) in [4.78, 5) is 15.1. The Kier molecular flexibility index (Phi) is 4.86. The molecule has 2 aromatic carbocycles. The van der Waals surface area contributed by atoms with Crippen molar-refractivity contribution in [1.29, 1.82) is 0 Å². The maximum atomic E-state index is 11.1. The van der Waals surface area contributed by atoms with Crippen molar-refractivity contribution in [2.75, 3.05) is 0 Å². The Morgan fingerprint density at radius 2 is 1.79 bits per heavy atom. The van der Waals surface area contributed by atoms with Crippen LogP contribution in [0.2, 0.25) is 10.0 Å². The topological polar surface area (TPSA) is 69.2 Å². The number of pyridine rings is 1. The lowest BCUT2D eigenvalue weighted by Crippen LogP contribution is -1.91. The second-order valence-electron chi connectivity index (χ2n) is 5.97. The average Bonchev–Trinajstić information content (AvgIpc) is 3.16. The van der Waals surface area contributed by atoms with E-state index in [0.717, 1.165) is 0 Å². The monoisotopic (exact) mass is 410 g/mol. The molecule has 0 aliphatic heterocycles. The van der Waals surface area contributed by atoms with E-state index in [4.69, 9.17) is 27.6 Å². The standard InChI is InChI=1S/C21H12Cl2N2O3/c22-17-4-1-3-16(21(17)23)20-12-10-14(28-20)9-7-13-8-11-15-18(24-13)5-2-6-19(15)25(26)27/h1-12H. The van der Waals surface area contributed by atoms with Crippen molar-refractivity contribution >= 4 is 51.9 Å². The van der Waals surface area contributed by atoms with Crippen molar-refractivity contribution in [3.63, 3.8) is 0 Å². The Morgan fingerprint density at radius 3 is 2.61 bits per heavy atom. The van der Waals surface area contributed by atoms with Gasteiger partial charge in [-0.1, -0.05) is 35.3 Å². The molecule has 0 N–H and O–H groups in total. The summed E-state index contributed by atoms with van der Waals surface area (Å²) in [7, 11) is 0. The van der Waals surface area contributed by atoms with Crippen LogP contribution in [0.5, 0.6) is 0 Å². The number of aromatic nitrogens is 1. The fraction of sp³-hybridized carbons (Fsp3) is 0. The fourth-order valence-electron chi connectivity index (χ4n) is 2.86. The van der Waals surface area contributed by atoms with Crippen LogP contribution < -0.4 is 0 Å². The van der Waals surface area contributed by atoms with E-state index in [1.807, 2.05) is 18.2 Å². The molecule has 0 aliphatic carbocycles. The lowest BCUT2D eigenvalue weighted by molar-refractivity contribution is -0.383. The molecule has 2 aromatic heterocycles.